The third-order valence-corrected chi connectivity index (χ3v) is 5.91. The van der Waals surface area contributed by atoms with Crippen LogP contribution in [0.1, 0.15) is 48.4 Å². The van der Waals surface area contributed by atoms with Crippen molar-refractivity contribution >= 4 is 33.0 Å². The molecule has 2 atom stereocenters. The number of piperidine rings is 1. The molecule has 1 aromatic carbocycles. The summed E-state index contributed by atoms with van der Waals surface area (Å²) in [4.78, 5) is 23.0. The predicted octanol–water partition coefficient (Wildman–Crippen LogP) is 3.54. The van der Waals surface area contributed by atoms with Crippen molar-refractivity contribution < 1.29 is 13.2 Å². The zero-order valence-electron chi connectivity index (χ0n) is 17.0. The summed E-state index contributed by atoms with van der Waals surface area (Å²) in [7, 11) is -3.25. The molecule has 3 rings (SSSR count). The van der Waals surface area contributed by atoms with E-state index in [2.05, 4.69) is 20.2 Å². The third-order valence-electron chi connectivity index (χ3n) is 4.91. The highest BCUT2D eigenvalue weighted by atomic mass is 35.5. The number of hydrogen-bond donors (Lipinski definition) is 1. The molecule has 1 unspecified atom stereocenters. The van der Waals surface area contributed by atoms with E-state index < -0.39 is 21.8 Å². The lowest BCUT2D eigenvalue weighted by Crippen LogP contribution is -2.34. The van der Waals surface area contributed by atoms with Gasteiger partial charge in [-0.3, -0.25) is 4.79 Å². The van der Waals surface area contributed by atoms with Crippen LogP contribution in [0.5, 0.6) is 0 Å². The maximum Gasteiger partial charge on any atom is 0.289 e. The molecule has 1 saturated heterocycles. The van der Waals surface area contributed by atoms with Crippen molar-refractivity contribution in [3.63, 3.8) is 0 Å². The average Bonchev–Trinajstić information content (AvgIpc) is 2.72. The first-order valence-corrected chi connectivity index (χ1v) is 12.1. The van der Waals surface area contributed by atoms with Gasteiger partial charge in [0, 0.05) is 29.3 Å². The van der Waals surface area contributed by atoms with Crippen LogP contribution < -0.4 is 10.2 Å². The zero-order chi connectivity index (χ0) is 21.7. The van der Waals surface area contributed by atoms with E-state index in [1.54, 1.807) is 19.3 Å². The number of carbonyl (C=O) groups excluding carboxylic acids is 1. The highest BCUT2D eigenvalue weighted by Crippen LogP contribution is 2.37. The number of aromatic nitrogens is 2. The van der Waals surface area contributed by atoms with Crippen molar-refractivity contribution in [1.82, 2.24) is 15.3 Å². The van der Waals surface area contributed by atoms with E-state index in [1.165, 1.54) is 6.08 Å². The molecule has 1 amide bonds. The summed E-state index contributed by atoms with van der Waals surface area (Å²) >= 11 is 6.43. The lowest BCUT2D eigenvalue weighted by Gasteiger charge is -2.37. The van der Waals surface area contributed by atoms with Gasteiger partial charge in [0.25, 0.3) is 5.91 Å². The van der Waals surface area contributed by atoms with Crippen molar-refractivity contribution in [2.75, 3.05) is 17.7 Å². The van der Waals surface area contributed by atoms with Crippen molar-refractivity contribution in [1.29, 1.82) is 0 Å². The number of halogens is 1. The third kappa shape index (κ3) is 5.79. The van der Waals surface area contributed by atoms with Gasteiger partial charge < -0.3 is 10.2 Å². The molecule has 0 aliphatic carbocycles. The van der Waals surface area contributed by atoms with Crippen LogP contribution in [0.3, 0.4) is 0 Å². The smallest absolute Gasteiger partial charge is 0.289 e. The average molecular weight is 449 g/mol. The first-order valence-electron chi connectivity index (χ1n) is 9.77. The largest absolute Gasteiger partial charge is 0.362 e. The highest BCUT2D eigenvalue weighted by molar-refractivity contribution is 7.93. The molecular formula is C21H25ClN4O3S. The Labute approximate surface area is 182 Å². The summed E-state index contributed by atoms with van der Waals surface area (Å²) < 4.78 is 22.4. The molecule has 9 heteroatoms. The Bertz CT molecular complexity index is 1020. The summed E-state index contributed by atoms with van der Waals surface area (Å²) in [5, 5.41) is 4.46. The monoisotopic (exact) mass is 448 g/mol. The molecule has 1 N–H and O–H groups in total. The van der Waals surface area contributed by atoms with Crippen LogP contribution in [0.2, 0.25) is 5.02 Å². The summed E-state index contributed by atoms with van der Waals surface area (Å²) in [6.45, 7) is 2.54. The lowest BCUT2D eigenvalue weighted by atomic mass is 9.95. The number of hydrogen-bond acceptors (Lipinski definition) is 6. The van der Waals surface area contributed by atoms with Crippen molar-refractivity contribution in [2.45, 2.75) is 38.3 Å². The van der Waals surface area contributed by atoms with Gasteiger partial charge in [0.2, 0.25) is 5.82 Å². The molecule has 7 nitrogen and oxygen atoms in total. The van der Waals surface area contributed by atoms with E-state index in [-0.39, 0.29) is 11.9 Å². The van der Waals surface area contributed by atoms with Gasteiger partial charge in [0.05, 0.1) is 24.1 Å². The van der Waals surface area contributed by atoms with Gasteiger partial charge >= 0.3 is 0 Å². The maximum atomic E-state index is 12.3. The molecule has 1 fully saturated rings. The molecule has 0 spiro atoms. The van der Waals surface area contributed by atoms with Gasteiger partial charge in [-0.15, -0.1) is 0 Å². The van der Waals surface area contributed by atoms with E-state index >= 15 is 0 Å². The van der Waals surface area contributed by atoms with Crippen molar-refractivity contribution in [2.24, 2.45) is 0 Å². The number of amides is 1. The van der Waals surface area contributed by atoms with Crippen LogP contribution in [0, 0.1) is 0 Å². The molecule has 160 valence electrons. The normalized spacial score (nSPS) is 18.4. The molecule has 0 saturated carbocycles. The fourth-order valence-corrected chi connectivity index (χ4v) is 4.26. The molecule has 0 bridgehead atoms. The molecule has 1 aliphatic heterocycles. The minimum absolute atomic E-state index is 0.0321. The van der Waals surface area contributed by atoms with Crippen molar-refractivity contribution in [3.8, 4) is 0 Å². The SMILES string of the molecule is C[C@H](/C=C/S(C)(=O)=O)NC(=O)c1ncc(N2CCCCC2c2ccccc2Cl)cn1. The number of sulfone groups is 1. The number of nitrogens with zero attached hydrogens (tertiary/aromatic N) is 3. The first kappa shape index (κ1) is 22.2. The van der Waals surface area contributed by atoms with Crippen LogP contribution in [-0.2, 0) is 9.84 Å². The highest BCUT2D eigenvalue weighted by Gasteiger charge is 2.26. The summed E-state index contributed by atoms with van der Waals surface area (Å²) in [6.07, 6.45) is 8.96. The first-order chi connectivity index (χ1) is 14.2. The number of nitrogens with one attached hydrogen (secondary N) is 1. The van der Waals surface area contributed by atoms with Gasteiger partial charge in [-0.05, 0) is 37.8 Å². The van der Waals surface area contributed by atoms with Crippen LogP contribution >= 0.6 is 11.6 Å². The van der Waals surface area contributed by atoms with E-state index in [9.17, 15) is 13.2 Å². The fraction of sp³-hybridized carbons (Fsp3) is 0.381. The van der Waals surface area contributed by atoms with Gasteiger partial charge in [-0.25, -0.2) is 18.4 Å². The van der Waals surface area contributed by atoms with Gasteiger partial charge in [-0.1, -0.05) is 35.9 Å². The minimum atomic E-state index is -3.25. The Morgan fingerprint density at radius 2 is 1.97 bits per heavy atom. The molecule has 2 heterocycles. The number of anilines is 1. The lowest BCUT2D eigenvalue weighted by molar-refractivity contribution is 0.0936. The van der Waals surface area contributed by atoms with Gasteiger partial charge in [0.1, 0.15) is 0 Å². The Morgan fingerprint density at radius 3 is 2.63 bits per heavy atom. The van der Waals surface area contributed by atoms with Crippen LogP contribution in [0.15, 0.2) is 48.1 Å². The summed E-state index contributed by atoms with van der Waals surface area (Å²) in [5.74, 6) is -0.432. The second-order valence-electron chi connectivity index (χ2n) is 7.41. The van der Waals surface area contributed by atoms with E-state index in [4.69, 9.17) is 11.6 Å². The Balaban J connectivity index is 1.73. The minimum Gasteiger partial charge on any atom is -0.362 e. The Kier molecular flexibility index (Phi) is 7.10. The summed E-state index contributed by atoms with van der Waals surface area (Å²) in [6, 6.07) is 7.50. The molecule has 2 aromatic rings. The maximum absolute atomic E-state index is 12.3. The fourth-order valence-electron chi connectivity index (χ4n) is 3.48. The number of carbonyl (C=O) groups is 1. The van der Waals surface area contributed by atoms with E-state index in [0.717, 1.165) is 53.7 Å². The van der Waals surface area contributed by atoms with Gasteiger partial charge in [-0.2, -0.15) is 0 Å². The standard InChI is InChI=1S/C21H25ClN4O3S/c1-15(10-12-30(2,28)29)25-21(27)20-23-13-16(14-24-20)26-11-6-5-9-19(26)17-7-3-4-8-18(17)22/h3-4,7-8,10,12-15,19H,5-6,9,11H2,1-2H3,(H,25,27)/b12-10+/t15-,19?/m1/s1. The van der Waals surface area contributed by atoms with Crippen LogP contribution in [0.4, 0.5) is 5.69 Å². The predicted molar refractivity (Wildman–Crippen MR) is 118 cm³/mol. The molecular weight excluding hydrogens is 424 g/mol. The molecule has 30 heavy (non-hydrogen) atoms. The number of benzene rings is 1. The second kappa shape index (κ2) is 9.57. The Morgan fingerprint density at radius 1 is 1.27 bits per heavy atom. The number of rotatable bonds is 6. The van der Waals surface area contributed by atoms with Crippen LogP contribution in [0.25, 0.3) is 0 Å². The Hall–Kier alpha value is -2.45. The molecule has 1 aliphatic rings. The topological polar surface area (TPSA) is 92.3 Å². The second-order valence-corrected chi connectivity index (χ2v) is 9.75. The van der Waals surface area contributed by atoms with Gasteiger partial charge in [0.15, 0.2) is 9.84 Å². The zero-order valence-corrected chi connectivity index (χ0v) is 18.5. The molecule has 0 radical (unpaired) electrons. The quantitative estimate of drug-likeness (QED) is 0.726. The summed E-state index contributed by atoms with van der Waals surface area (Å²) in [5.41, 5.74) is 1.91. The van der Waals surface area contributed by atoms with Crippen molar-refractivity contribution in [3.05, 3.63) is 64.6 Å². The van der Waals surface area contributed by atoms with E-state index in [0.29, 0.717) is 0 Å². The molecule has 1 aromatic heterocycles. The van der Waals surface area contributed by atoms with Crippen LogP contribution in [-0.4, -0.2) is 43.1 Å². The van der Waals surface area contributed by atoms with E-state index in [1.807, 2.05) is 24.3 Å².